The summed E-state index contributed by atoms with van der Waals surface area (Å²) in [5, 5.41) is 0. The molecule has 0 radical (unpaired) electrons. The maximum atomic E-state index is 16.0. The number of anilines is 1. The number of carbonyl (C=O) groups is 1. The fourth-order valence-electron chi connectivity index (χ4n) is 5.44. The van der Waals surface area contributed by atoms with Crippen molar-refractivity contribution in [2.24, 2.45) is 17.6 Å². The third kappa shape index (κ3) is 5.86. The normalized spacial score (nSPS) is 37.5. The molecule has 2 unspecified atom stereocenters. The Kier molecular flexibility index (Phi) is 8.17. The van der Waals surface area contributed by atoms with Crippen LogP contribution < -0.4 is 11.5 Å². The first-order valence-corrected chi connectivity index (χ1v) is 17.9. The quantitative estimate of drug-likeness (QED) is 0.293. The van der Waals surface area contributed by atoms with Crippen LogP contribution in [0.25, 0.3) is 11.2 Å². The summed E-state index contributed by atoms with van der Waals surface area (Å²) in [6.07, 6.45) is -1.35. The summed E-state index contributed by atoms with van der Waals surface area (Å²) in [6.45, 7) is -8.35. The predicted octanol–water partition coefficient (Wildman–Crippen LogP) is 1.44. The molecule has 2 aliphatic heterocycles. The number of nitrogens with two attached hydrogens (primary N) is 2. The molecule has 3 aromatic heterocycles. The molecule has 3 aliphatic rings. The van der Waals surface area contributed by atoms with E-state index in [9.17, 15) is 14.6 Å². The molecule has 20 heteroatoms. The summed E-state index contributed by atoms with van der Waals surface area (Å²) in [5.74, 6) is -1.17. The Labute approximate surface area is 248 Å². The van der Waals surface area contributed by atoms with Crippen molar-refractivity contribution in [3.05, 3.63) is 42.2 Å². The Morgan fingerprint density at radius 1 is 1.10 bits per heavy atom. The Morgan fingerprint density at radius 3 is 2.64 bits per heavy atom. The number of carbonyl (C=O) groups excluding carboxylic acids is 1. The smallest absolute Gasteiger partial charge is 0.324 e. The number of ether oxygens (including phenoxy) is 1. The Hall–Kier alpha value is -2.08. The predicted molar refractivity (Wildman–Crippen MR) is 151 cm³/mol. The molecule has 5 heterocycles. The molecule has 0 aromatic carbocycles. The van der Waals surface area contributed by atoms with Crippen molar-refractivity contribution in [1.29, 1.82) is 0 Å². The third-order valence-corrected chi connectivity index (χ3v) is 10.8. The highest BCUT2D eigenvalue weighted by molar-refractivity contribution is 8.07. The second-order valence-electron chi connectivity index (χ2n) is 10.1. The van der Waals surface area contributed by atoms with Gasteiger partial charge in [-0.1, -0.05) is 0 Å². The standard InChI is InChI=1S/C22H26FN7O8P2S2/c23-16-18-15(37-22(16)30-9-29-17-19(24)27-8-28-21(17)30)7-36-39(32,41)35-6-13-11(5-34-40(33,42)38-18)3-12(13)10-1-2-26-14(4-10)20(25)31/h1-2,4,8-9,11-13,15-16,18,22H,3,5-7H2,(H2,25,31)(H,32,41)(H,33,42)(H2,24,27,28)/t11-,12+,13-,15-,16-,18-,22-,39?,40?/m1/s1. The van der Waals surface area contributed by atoms with Crippen LogP contribution in [-0.4, -0.2) is 78.4 Å². The summed E-state index contributed by atoms with van der Waals surface area (Å²) in [5.41, 5.74) is 12.6. The van der Waals surface area contributed by atoms with Gasteiger partial charge in [0.15, 0.2) is 23.9 Å². The van der Waals surface area contributed by atoms with E-state index in [4.69, 9.17) is 57.9 Å². The van der Waals surface area contributed by atoms with Gasteiger partial charge in [0.2, 0.25) is 0 Å². The van der Waals surface area contributed by atoms with Crippen molar-refractivity contribution in [2.75, 3.05) is 25.6 Å². The van der Waals surface area contributed by atoms with E-state index in [1.54, 1.807) is 12.1 Å². The number of amides is 1. The summed E-state index contributed by atoms with van der Waals surface area (Å²) >= 11 is 10.5. The average molecular weight is 662 g/mol. The van der Waals surface area contributed by atoms with Gasteiger partial charge in [-0.05, 0) is 65.5 Å². The van der Waals surface area contributed by atoms with E-state index in [2.05, 4.69) is 19.9 Å². The summed E-state index contributed by atoms with van der Waals surface area (Å²) < 4.78 is 45.8. The van der Waals surface area contributed by atoms with Gasteiger partial charge in [0.05, 0.1) is 26.1 Å². The number of hydrogen-bond acceptors (Lipinski definition) is 13. The zero-order valence-corrected chi connectivity index (χ0v) is 25.0. The van der Waals surface area contributed by atoms with E-state index in [0.717, 1.165) is 5.56 Å². The molecule has 2 saturated heterocycles. The Balaban J connectivity index is 1.24. The van der Waals surface area contributed by atoms with Crippen molar-refractivity contribution in [2.45, 2.75) is 36.9 Å². The van der Waals surface area contributed by atoms with Crippen LogP contribution >= 0.6 is 13.4 Å². The van der Waals surface area contributed by atoms with E-state index in [1.165, 1.54) is 23.4 Å². The van der Waals surface area contributed by atoms with Gasteiger partial charge in [0, 0.05) is 6.20 Å². The number of pyridine rings is 1. The number of halogens is 1. The molecule has 226 valence electrons. The minimum atomic E-state index is -4.00. The molecule has 15 nitrogen and oxygen atoms in total. The van der Waals surface area contributed by atoms with Crippen LogP contribution in [0.5, 0.6) is 0 Å². The van der Waals surface area contributed by atoms with Crippen LogP contribution in [0, 0.1) is 11.8 Å². The molecule has 0 spiro atoms. The number of alkyl halides is 1. The molecule has 3 aromatic rings. The molecule has 0 bridgehead atoms. The molecule has 1 aliphatic carbocycles. The van der Waals surface area contributed by atoms with Crippen LogP contribution in [0.4, 0.5) is 10.2 Å². The van der Waals surface area contributed by atoms with E-state index in [0.29, 0.717) is 6.42 Å². The molecular weight excluding hydrogens is 635 g/mol. The maximum absolute atomic E-state index is 16.0. The van der Waals surface area contributed by atoms with Crippen molar-refractivity contribution in [1.82, 2.24) is 24.5 Å². The molecule has 1 amide bonds. The monoisotopic (exact) mass is 661 g/mol. The lowest BCUT2D eigenvalue weighted by molar-refractivity contribution is -0.0425. The number of aromatic nitrogens is 5. The molecule has 6 rings (SSSR count). The number of imidazole rings is 1. The number of fused-ring (bicyclic) bond motifs is 3. The molecule has 6 N–H and O–H groups in total. The SMILES string of the molecule is NC(=O)c1cc([C@@H]2C[C@@H]3COP(O)(=S)O[C@H]4[C@@H](F)[C@H](n5cnc6c(N)ncnc65)O[C@@H]4COP(O)(=S)OC[C@H]32)ccn1. The zero-order chi connectivity index (χ0) is 29.8. The van der Waals surface area contributed by atoms with Gasteiger partial charge in [0.25, 0.3) is 5.91 Å². The summed E-state index contributed by atoms with van der Waals surface area (Å²) in [4.78, 5) is 49.5. The van der Waals surface area contributed by atoms with Crippen LogP contribution in [0.3, 0.4) is 0 Å². The molecule has 42 heavy (non-hydrogen) atoms. The first-order chi connectivity index (χ1) is 19.9. The lowest BCUT2D eigenvalue weighted by Crippen LogP contribution is -2.40. The van der Waals surface area contributed by atoms with E-state index < -0.39 is 50.6 Å². The van der Waals surface area contributed by atoms with Crippen LogP contribution in [0.15, 0.2) is 31.0 Å². The molecule has 3 fully saturated rings. The summed E-state index contributed by atoms with van der Waals surface area (Å²) in [6, 6.07) is 3.34. The number of rotatable bonds is 3. The van der Waals surface area contributed by atoms with Gasteiger partial charge in [-0.3, -0.25) is 18.9 Å². The topological polar surface area (TPSA) is 212 Å². The first kappa shape index (κ1) is 30.0. The van der Waals surface area contributed by atoms with Crippen LogP contribution in [0.2, 0.25) is 0 Å². The van der Waals surface area contributed by atoms with Crippen LogP contribution in [0.1, 0.15) is 34.6 Å². The van der Waals surface area contributed by atoms with Crippen molar-refractivity contribution in [3.63, 3.8) is 0 Å². The highest BCUT2D eigenvalue weighted by Gasteiger charge is 2.51. The molecule has 1 saturated carbocycles. The van der Waals surface area contributed by atoms with E-state index in [-0.39, 0.29) is 53.6 Å². The lowest BCUT2D eigenvalue weighted by Gasteiger charge is -2.45. The van der Waals surface area contributed by atoms with Crippen molar-refractivity contribution in [3.8, 4) is 0 Å². The van der Waals surface area contributed by atoms with Gasteiger partial charge < -0.3 is 39.6 Å². The summed E-state index contributed by atoms with van der Waals surface area (Å²) in [7, 11) is 0. The minimum absolute atomic E-state index is 0.0265. The number of nitrogens with zero attached hydrogens (tertiary/aromatic N) is 5. The zero-order valence-electron chi connectivity index (χ0n) is 21.6. The number of primary amides is 1. The minimum Gasteiger partial charge on any atom is -0.382 e. The lowest BCUT2D eigenvalue weighted by atomic mass is 9.63. The fourth-order valence-corrected chi connectivity index (χ4v) is 8.06. The molecular formula is C22H26FN7O8P2S2. The van der Waals surface area contributed by atoms with Gasteiger partial charge in [-0.25, -0.2) is 19.3 Å². The number of nitrogen functional groups attached to an aromatic ring is 1. The first-order valence-electron chi connectivity index (χ1n) is 12.7. The second kappa shape index (κ2) is 11.4. The third-order valence-electron chi connectivity index (χ3n) is 7.61. The van der Waals surface area contributed by atoms with Gasteiger partial charge in [0.1, 0.15) is 29.7 Å². The van der Waals surface area contributed by atoms with Gasteiger partial charge >= 0.3 is 13.4 Å². The van der Waals surface area contributed by atoms with Crippen molar-refractivity contribution < 1.29 is 41.8 Å². The number of hydrogen-bond donors (Lipinski definition) is 4. The van der Waals surface area contributed by atoms with Crippen molar-refractivity contribution >= 4 is 59.9 Å². The van der Waals surface area contributed by atoms with Gasteiger partial charge in [-0.2, -0.15) is 0 Å². The average Bonchev–Trinajstić information content (AvgIpc) is 3.48. The van der Waals surface area contributed by atoms with E-state index >= 15 is 4.39 Å². The second-order valence-corrected chi connectivity index (χ2v) is 15.7. The highest BCUT2D eigenvalue weighted by Crippen LogP contribution is 2.56. The fraction of sp³-hybridized carbons (Fsp3) is 0.500. The highest BCUT2D eigenvalue weighted by atomic mass is 32.5. The largest absolute Gasteiger partial charge is 0.382 e. The Morgan fingerprint density at radius 2 is 1.86 bits per heavy atom. The van der Waals surface area contributed by atoms with Crippen LogP contribution in [-0.2, 0) is 46.4 Å². The molecule has 9 atom stereocenters. The van der Waals surface area contributed by atoms with Gasteiger partial charge in [-0.15, -0.1) is 0 Å². The van der Waals surface area contributed by atoms with E-state index in [1.807, 2.05) is 0 Å². The Bertz CT molecular complexity index is 1620. The maximum Gasteiger partial charge on any atom is 0.324 e.